The molecule has 0 bridgehead atoms. The number of halogens is 3. The fraction of sp³-hybridized carbons (Fsp3) is 0.333. The van der Waals surface area contributed by atoms with Crippen LogP contribution in [0.3, 0.4) is 0 Å². The zero-order valence-electron chi connectivity index (χ0n) is 9.90. The Hall–Kier alpha value is -0.980. The first-order chi connectivity index (χ1) is 8.58. The maximum absolute atomic E-state index is 13.2. The third-order valence-electron chi connectivity index (χ3n) is 3.28. The van der Waals surface area contributed by atoms with Gasteiger partial charge in [-0.3, -0.25) is 0 Å². The minimum Gasteiger partial charge on any atom is -0.334 e. The number of benzene rings is 1. The zero-order valence-corrected chi connectivity index (χ0v) is 12.3. The van der Waals surface area contributed by atoms with Crippen molar-refractivity contribution in [2.24, 2.45) is 5.73 Å². The predicted octanol–water partition coefficient (Wildman–Crippen LogP) is 3.40. The number of rotatable bonds is 2. The average Bonchev–Trinajstić information content (AvgIpc) is 2.79. The minimum atomic E-state index is -0.471. The fourth-order valence-electron chi connectivity index (χ4n) is 1.98. The summed E-state index contributed by atoms with van der Waals surface area (Å²) in [7, 11) is 0. The molecule has 1 aliphatic carbocycles. The van der Waals surface area contributed by atoms with Crippen molar-refractivity contribution < 1.29 is 8.91 Å². The number of hydrogen-bond acceptors (Lipinski definition) is 4. The molecule has 2 N–H and O–H groups in total. The second kappa shape index (κ2) is 5.19. The summed E-state index contributed by atoms with van der Waals surface area (Å²) in [4.78, 5) is 4.28. The van der Waals surface area contributed by atoms with Crippen molar-refractivity contribution >= 4 is 28.3 Å². The molecule has 0 spiro atoms. The zero-order chi connectivity index (χ0) is 12.8. The largest absolute Gasteiger partial charge is 0.334 e. The summed E-state index contributed by atoms with van der Waals surface area (Å²) >= 11 is 3.33. The summed E-state index contributed by atoms with van der Waals surface area (Å²) in [6, 6.07) is 4.32. The molecule has 1 saturated carbocycles. The highest BCUT2D eigenvalue weighted by molar-refractivity contribution is 9.10. The van der Waals surface area contributed by atoms with Crippen LogP contribution in [-0.4, -0.2) is 10.1 Å². The van der Waals surface area contributed by atoms with E-state index in [4.69, 9.17) is 10.3 Å². The van der Waals surface area contributed by atoms with E-state index in [0.717, 1.165) is 19.3 Å². The molecule has 0 atom stereocenters. The van der Waals surface area contributed by atoms with E-state index < -0.39 is 5.54 Å². The summed E-state index contributed by atoms with van der Waals surface area (Å²) in [6.07, 6.45) is 2.79. The maximum Gasteiger partial charge on any atom is 0.259 e. The molecule has 2 aromatic rings. The molecule has 7 heteroatoms. The average molecular weight is 349 g/mol. The molecule has 1 aromatic heterocycles. The van der Waals surface area contributed by atoms with Crippen molar-refractivity contribution in [3.63, 3.8) is 0 Å². The van der Waals surface area contributed by atoms with E-state index in [1.54, 1.807) is 6.07 Å². The van der Waals surface area contributed by atoms with E-state index in [1.165, 1.54) is 12.1 Å². The topological polar surface area (TPSA) is 64.9 Å². The highest BCUT2D eigenvalue weighted by atomic mass is 79.9. The van der Waals surface area contributed by atoms with Gasteiger partial charge < -0.3 is 10.3 Å². The Morgan fingerprint density at radius 2 is 2.11 bits per heavy atom. The highest BCUT2D eigenvalue weighted by Gasteiger charge is 2.39. The Morgan fingerprint density at radius 3 is 2.74 bits per heavy atom. The molecule has 1 heterocycles. The van der Waals surface area contributed by atoms with E-state index in [0.29, 0.717) is 15.9 Å². The number of aromatic nitrogens is 2. The number of nitrogens with two attached hydrogens (primary N) is 1. The van der Waals surface area contributed by atoms with Crippen molar-refractivity contribution in [1.82, 2.24) is 10.1 Å². The molecule has 3 rings (SSSR count). The summed E-state index contributed by atoms with van der Waals surface area (Å²) in [5, 5.41) is 3.90. The van der Waals surface area contributed by atoms with Gasteiger partial charge in [0, 0.05) is 4.47 Å². The van der Waals surface area contributed by atoms with Gasteiger partial charge in [-0.05, 0) is 53.4 Å². The molecule has 0 radical (unpaired) electrons. The van der Waals surface area contributed by atoms with Gasteiger partial charge in [0.2, 0.25) is 0 Å². The van der Waals surface area contributed by atoms with Crippen molar-refractivity contribution in [1.29, 1.82) is 0 Å². The molecular weight excluding hydrogens is 337 g/mol. The van der Waals surface area contributed by atoms with Crippen molar-refractivity contribution in [3.8, 4) is 11.5 Å². The Morgan fingerprint density at radius 1 is 1.37 bits per heavy atom. The molecule has 0 aliphatic heterocycles. The highest BCUT2D eigenvalue weighted by Crippen LogP contribution is 2.38. The third-order valence-corrected chi connectivity index (χ3v) is 3.97. The molecule has 0 saturated heterocycles. The monoisotopic (exact) mass is 347 g/mol. The van der Waals surface area contributed by atoms with Crippen molar-refractivity contribution in [2.45, 2.75) is 24.8 Å². The molecule has 19 heavy (non-hydrogen) atoms. The van der Waals surface area contributed by atoms with E-state index in [1.807, 2.05) is 0 Å². The standard InChI is InChI=1S/C12H11BrFN3O.ClH/c13-9-3-2-7(14)6-8(9)10-16-11(17-18-10)12(15)4-1-5-12;/h2-3,6H,1,4-5,15H2;1H. The molecule has 1 fully saturated rings. The van der Waals surface area contributed by atoms with Gasteiger partial charge in [0.05, 0.1) is 11.1 Å². The molecule has 1 aromatic carbocycles. The van der Waals surface area contributed by atoms with E-state index in [2.05, 4.69) is 26.1 Å². The molecule has 1 aliphatic rings. The van der Waals surface area contributed by atoms with Gasteiger partial charge in [-0.25, -0.2) is 4.39 Å². The van der Waals surface area contributed by atoms with E-state index in [9.17, 15) is 4.39 Å². The minimum absolute atomic E-state index is 0. The van der Waals surface area contributed by atoms with E-state index in [-0.39, 0.29) is 24.1 Å². The molecular formula is C12H12BrClFN3O. The van der Waals surface area contributed by atoms with Gasteiger partial charge >= 0.3 is 0 Å². The quantitative estimate of drug-likeness (QED) is 0.903. The van der Waals surface area contributed by atoms with Crippen LogP contribution >= 0.6 is 28.3 Å². The van der Waals surface area contributed by atoms with Crippen molar-refractivity contribution in [3.05, 3.63) is 34.3 Å². The lowest BCUT2D eigenvalue weighted by Crippen LogP contribution is -2.44. The summed E-state index contributed by atoms with van der Waals surface area (Å²) in [6.45, 7) is 0. The Kier molecular flexibility index (Phi) is 3.94. The first-order valence-corrected chi connectivity index (χ1v) is 6.46. The van der Waals surface area contributed by atoms with Crippen LogP contribution in [0.2, 0.25) is 0 Å². The van der Waals surface area contributed by atoms with Crippen LogP contribution in [0.5, 0.6) is 0 Å². The lowest BCUT2D eigenvalue weighted by atomic mass is 9.77. The smallest absolute Gasteiger partial charge is 0.259 e. The second-order valence-corrected chi connectivity index (χ2v) is 5.41. The molecule has 102 valence electrons. The van der Waals surface area contributed by atoms with Crippen LogP contribution in [0.4, 0.5) is 4.39 Å². The Balaban J connectivity index is 0.00000133. The van der Waals surface area contributed by atoms with Crippen LogP contribution in [-0.2, 0) is 5.54 Å². The normalized spacial score (nSPS) is 16.6. The number of nitrogens with zero attached hydrogens (tertiary/aromatic N) is 2. The van der Waals surface area contributed by atoms with Crippen LogP contribution in [0.15, 0.2) is 27.2 Å². The molecule has 0 amide bonds. The van der Waals surface area contributed by atoms with Crippen LogP contribution in [0, 0.1) is 5.82 Å². The first-order valence-electron chi connectivity index (χ1n) is 5.67. The third kappa shape index (κ3) is 2.52. The van der Waals surface area contributed by atoms with Gasteiger partial charge in [0.25, 0.3) is 5.89 Å². The Bertz CT molecular complexity index is 600. The number of hydrogen-bond donors (Lipinski definition) is 1. The van der Waals surface area contributed by atoms with Crippen LogP contribution in [0.1, 0.15) is 25.1 Å². The Labute approximate surface area is 124 Å². The summed E-state index contributed by atoms with van der Waals surface area (Å²) < 4.78 is 19.1. The summed E-state index contributed by atoms with van der Waals surface area (Å²) in [5.74, 6) is 0.437. The SMILES string of the molecule is Cl.NC1(c2noc(-c3cc(F)ccc3Br)n2)CCC1. The van der Waals surface area contributed by atoms with Crippen LogP contribution < -0.4 is 5.73 Å². The van der Waals surface area contributed by atoms with Gasteiger partial charge in [0.15, 0.2) is 5.82 Å². The van der Waals surface area contributed by atoms with Gasteiger partial charge in [-0.15, -0.1) is 12.4 Å². The lowest BCUT2D eigenvalue weighted by molar-refractivity contribution is 0.229. The lowest BCUT2D eigenvalue weighted by Gasteiger charge is -2.34. The molecule has 4 nitrogen and oxygen atoms in total. The van der Waals surface area contributed by atoms with Crippen LogP contribution in [0.25, 0.3) is 11.5 Å². The first kappa shape index (κ1) is 14.4. The van der Waals surface area contributed by atoms with Gasteiger partial charge in [0.1, 0.15) is 5.82 Å². The maximum atomic E-state index is 13.2. The van der Waals surface area contributed by atoms with Crippen molar-refractivity contribution in [2.75, 3.05) is 0 Å². The fourth-order valence-corrected chi connectivity index (χ4v) is 2.39. The summed E-state index contributed by atoms with van der Waals surface area (Å²) in [5.41, 5.74) is 6.18. The second-order valence-electron chi connectivity index (χ2n) is 4.56. The predicted molar refractivity (Wildman–Crippen MR) is 74.4 cm³/mol. The van der Waals surface area contributed by atoms with E-state index >= 15 is 0 Å². The van der Waals surface area contributed by atoms with Gasteiger partial charge in [-0.1, -0.05) is 5.16 Å². The molecule has 0 unspecified atom stereocenters. The van der Waals surface area contributed by atoms with Gasteiger partial charge in [-0.2, -0.15) is 4.98 Å².